The van der Waals surface area contributed by atoms with E-state index >= 15 is 4.39 Å². The van der Waals surface area contributed by atoms with Crippen molar-refractivity contribution in [2.24, 2.45) is 5.92 Å². The van der Waals surface area contributed by atoms with Crippen molar-refractivity contribution in [2.75, 3.05) is 13.1 Å². The number of hydrogen-bond donors (Lipinski definition) is 0. The van der Waals surface area contributed by atoms with Gasteiger partial charge in [-0.25, -0.2) is 4.39 Å². The lowest BCUT2D eigenvalue weighted by molar-refractivity contribution is -0.140. The number of rotatable bonds is 5. The summed E-state index contributed by atoms with van der Waals surface area (Å²) in [4.78, 5) is 18.5. The molecule has 0 bridgehead atoms. The molecule has 1 aromatic heterocycles. The van der Waals surface area contributed by atoms with Crippen LogP contribution in [0.15, 0.2) is 34.9 Å². The average Bonchev–Trinajstić information content (AvgIpc) is 3.14. The van der Waals surface area contributed by atoms with Gasteiger partial charge in [0.15, 0.2) is 0 Å². The van der Waals surface area contributed by atoms with Gasteiger partial charge in [0.1, 0.15) is 0 Å². The molecule has 1 aromatic carbocycles. The molecule has 1 aliphatic heterocycles. The van der Waals surface area contributed by atoms with Gasteiger partial charge < -0.3 is 9.42 Å². The van der Waals surface area contributed by atoms with Gasteiger partial charge in [-0.3, -0.25) is 4.79 Å². The van der Waals surface area contributed by atoms with E-state index in [2.05, 4.69) is 10.1 Å². The number of hydrogen-bond acceptors (Lipinski definition) is 4. The molecule has 25 heavy (non-hydrogen) atoms. The minimum Gasteiger partial charge on any atom is -0.339 e. The van der Waals surface area contributed by atoms with Gasteiger partial charge in [-0.05, 0) is 25.7 Å². The first-order chi connectivity index (χ1) is 12.1. The van der Waals surface area contributed by atoms with Gasteiger partial charge in [0.2, 0.25) is 17.4 Å². The third kappa shape index (κ3) is 3.57. The fourth-order valence-corrected chi connectivity index (χ4v) is 3.38. The van der Waals surface area contributed by atoms with Crippen molar-refractivity contribution in [1.29, 1.82) is 0 Å². The van der Waals surface area contributed by atoms with Gasteiger partial charge in [0.05, 0.1) is 6.54 Å². The SMILES string of the molecule is CCC(CC)C(=O)N1CCCC(F)(c2nc(-c3ccccc3)no2)C1. The van der Waals surface area contributed by atoms with Crippen LogP contribution in [0, 0.1) is 5.92 Å². The Bertz CT molecular complexity index is 714. The van der Waals surface area contributed by atoms with Crippen LogP contribution in [0.25, 0.3) is 11.4 Å². The second-order valence-corrected chi connectivity index (χ2v) is 6.63. The summed E-state index contributed by atoms with van der Waals surface area (Å²) in [6, 6.07) is 9.33. The lowest BCUT2D eigenvalue weighted by Crippen LogP contribution is -2.48. The number of aromatic nitrogens is 2. The highest BCUT2D eigenvalue weighted by Crippen LogP contribution is 2.36. The molecule has 134 valence electrons. The highest BCUT2D eigenvalue weighted by atomic mass is 19.1. The quantitative estimate of drug-likeness (QED) is 0.823. The number of amides is 1. The van der Waals surface area contributed by atoms with E-state index in [9.17, 15) is 4.79 Å². The van der Waals surface area contributed by atoms with Crippen molar-refractivity contribution in [1.82, 2.24) is 15.0 Å². The van der Waals surface area contributed by atoms with Gasteiger partial charge in [0, 0.05) is 18.0 Å². The molecule has 6 heteroatoms. The fourth-order valence-electron chi connectivity index (χ4n) is 3.38. The van der Waals surface area contributed by atoms with Crippen molar-refractivity contribution < 1.29 is 13.7 Å². The van der Waals surface area contributed by atoms with Crippen molar-refractivity contribution in [3.63, 3.8) is 0 Å². The van der Waals surface area contributed by atoms with E-state index in [1.807, 2.05) is 44.2 Å². The Labute approximate surface area is 147 Å². The summed E-state index contributed by atoms with van der Waals surface area (Å²) in [6.45, 7) is 4.55. The van der Waals surface area contributed by atoms with Gasteiger partial charge in [-0.1, -0.05) is 49.3 Å². The molecular weight excluding hydrogens is 321 g/mol. The molecule has 0 aliphatic carbocycles. The summed E-state index contributed by atoms with van der Waals surface area (Å²) < 4.78 is 20.8. The van der Waals surface area contributed by atoms with Crippen LogP contribution in [-0.4, -0.2) is 34.0 Å². The number of nitrogens with zero attached hydrogens (tertiary/aromatic N) is 3. The molecule has 1 amide bonds. The second-order valence-electron chi connectivity index (χ2n) is 6.63. The lowest BCUT2D eigenvalue weighted by Gasteiger charge is -2.36. The van der Waals surface area contributed by atoms with Crippen LogP contribution < -0.4 is 0 Å². The van der Waals surface area contributed by atoms with Crippen LogP contribution in [0.3, 0.4) is 0 Å². The summed E-state index contributed by atoms with van der Waals surface area (Å²) in [6.07, 6.45) is 2.41. The van der Waals surface area contributed by atoms with E-state index in [1.54, 1.807) is 4.90 Å². The molecular formula is C19H24FN3O2. The maximum atomic E-state index is 15.5. The summed E-state index contributed by atoms with van der Waals surface area (Å²) in [5.41, 5.74) is -0.998. The van der Waals surface area contributed by atoms with E-state index < -0.39 is 5.67 Å². The molecule has 5 nitrogen and oxygen atoms in total. The number of piperidine rings is 1. The molecule has 3 rings (SSSR count). The van der Waals surface area contributed by atoms with Gasteiger partial charge in [0.25, 0.3) is 5.89 Å². The van der Waals surface area contributed by atoms with Crippen molar-refractivity contribution in [2.45, 2.75) is 45.2 Å². The Morgan fingerprint density at radius 1 is 1.32 bits per heavy atom. The first kappa shape index (κ1) is 17.6. The zero-order valence-corrected chi connectivity index (χ0v) is 14.7. The molecule has 2 aromatic rings. The summed E-state index contributed by atoms with van der Waals surface area (Å²) in [5, 5.41) is 3.91. The van der Waals surface area contributed by atoms with Crippen LogP contribution >= 0.6 is 0 Å². The molecule has 1 fully saturated rings. The smallest absolute Gasteiger partial charge is 0.266 e. The van der Waals surface area contributed by atoms with E-state index in [4.69, 9.17) is 4.52 Å². The van der Waals surface area contributed by atoms with Crippen LogP contribution in [0.5, 0.6) is 0 Å². The maximum absolute atomic E-state index is 15.5. The summed E-state index contributed by atoms with van der Waals surface area (Å²) >= 11 is 0. The minimum absolute atomic E-state index is 0.0151. The van der Waals surface area contributed by atoms with E-state index in [0.717, 1.165) is 18.4 Å². The molecule has 0 radical (unpaired) electrons. The van der Waals surface area contributed by atoms with Crippen molar-refractivity contribution in [3.05, 3.63) is 36.2 Å². The Morgan fingerprint density at radius 2 is 2.04 bits per heavy atom. The van der Waals surface area contributed by atoms with Crippen LogP contribution in [-0.2, 0) is 10.5 Å². The van der Waals surface area contributed by atoms with Gasteiger partial charge in [-0.15, -0.1) is 0 Å². The molecule has 0 N–H and O–H groups in total. The largest absolute Gasteiger partial charge is 0.339 e. The van der Waals surface area contributed by atoms with Crippen LogP contribution in [0.4, 0.5) is 4.39 Å². The fraction of sp³-hybridized carbons (Fsp3) is 0.526. The van der Waals surface area contributed by atoms with E-state index in [1.165, 1.54) is 0 Å². The average molecular weight is 345 g/mol. The molecule has 1 atom stereocenters. The minimum atomic E-state index is -1.78. The first-order valence-corrected chi connectivity index (χ1v) is 8.94. The van der Waals surface area contributed by atoms with Gasteiger partial charge in [-0.2, -0.15) is 4.98 Å². The Balaban J connectivity index is 1.79. The summed E-state index contributed by atoms with van der Waals surface area (Å²) in [5.74, 6) is 0.309. The van der Waals surface area contributed by atoms with Crippen LogP contribution in [0.1, 0.15) is 45.4 Å². The standard InChI is InChI=1S/C19H24FN3O2/c1-3-14(4-2)17(24)23-12-8-11-19(20,13-23)18-21-16(22-25-18)15-9-6-5-7-10-15/h5-7,9-10,14H,3-4,8,11-13H2,1-2H3. The Hall–Kier alpha value is -2.24. The third-order valence-electron chi connectivity index (χ3n) is 4.93. The molecule has 0 spiro atoms. The van der Waals surface area contributed by atoms with Crippen molar-refractivity contribution in [3.8, 4) is 11.4 Å². The van der Waals surface area contributed by atoms with Gasteiger partial charge >= 0.3 is 0 Å². The number of benzene rings is 1. The molecule has 0 saturated carbocycles. The third-order valence-corrected chi connectivity index (χ3v) is 4.93. The highest BCUT2D eigenvalue weighted by molar-refractivity contribution is 5.79. The zero-order valence-electron chi connectivity index (χ0n) is 14.7. The van der Waals surface area contributed by atoms with Crippen LogP contribution in [0.2, 0.25) is 0 Å². The summed E-state index contributed by atoms with van der Waals surface area (Å²) in [7, 11) is 0. The molecule has 2 heterocycles. The topological polar surface area (TPSA) is 59.2 Å². The first-order valence-electron chi connectivity index (χ1n) is 8.94. The number of alkyl halides is 1. The normalized spacial score (nSPS) is 20.9. The Kier molecular flexibility index (Phi) is 5.16. The second kappa shape index (κ2) is 7.33. The molecule has 1 aliphatic rings. The molecule has 1 saturated heterocycles. The molecule has 1 unspecified atom stereocenters. The highest BCUT2D eigenvalue weighted by Gasteiger charge is 2.44. The number of halogens is 1. The van der Waals surface area contributed by atoms with Crippen molar-refractivity contribution >= 4 is 5.91 Å². The monoisotopic (exact) mass is 345 g/mol. The Morgan fingerprint density at radius 3 is 2.72 bits per heavy atom. The predicted octanol–water partition coefficient (Wildman–Crippen LogP) is 3.96. The number of carbonyl (C=O) groups is 1. The number of carbonyl (C=O) groups excluding carboxylic acids is 1. The zero-order chi connectivity index (χ0) is 17.9. The van der Waals surface area contributed by atoms with E-state index in [0.29, 0.717) is 18.8 Å². The predicted molar refractivity (Wildman–Crippen MR) is 92.4 cm³/mol. The van der Waals surface area contributed by atoms with E-state index in [-0.39, 0.29) is 30.7 Å². The lowest BCUT2D eigenvalue weighted by atomic mass is 9.92. The maximum Gasteiger partial charge on any atom is 0.266 e. The number of likely N-dealkylation sites (tertiary alicyclic amines) is 1.